The van der Waals surface area contributed by atoms with Crippen LogP contribution in [-0.2, 0) is 6.54 Å². The van der Waals surface area contributed by atoms with Gasteiger partial charge in [0.25, 0.3) is 11.6 Å². The van der Waals surface area contributed by atoms with Crippen LogP contribution in [0.3, 0.4) is 0 Å². The molecule has 1 amide bonds. The van der Waals surface area contributed by atoms with Crippen molar-refractivity contribution in [2.45, 2.75) is 6.54 Å². The molecule has 21 heavy (non-hydrogen) atoms. The molecule has 0 saturated heterocycles. The van der Waals surface area contributed by atoms with E-state index < -0.39 is 4.92 Å². The fourth-order valence-corrected chi connectivity index (χ4v) is 1.80. The van der Waals surface area contributed by atoms with Crippen molar-refractivity contribution in [1.82, 2.24) is 14.9 Å². The van der Waals surface area contributed by atoms with Gasteiger partial charge in [0.05, 0.1) is 23.5 Å². The van der Waals surface area contributed by atoms with Crippen LogP contribution in [0.2, 0.25) is 0 Å². The van der Waals surface area contributed by atoms with Crippen molar-refractivity contribution in [3.63, 3.8) is 0 Å². The average molecular weight is 289 g/mol. The van der Waals surface area contributed by atoms with E-state index >= 15 is 0 Å². The third-order valence-corrected chi connectivity index (χ3v) is 2.87. The van der Waals surface area contributed by atoms with Crippen molar-refractivity contribution in [2.75, 3.05) is 19.4 Å². The summed E-state index contributed by atoms with van der Waals surface area (Å²) in [6, 6.07) is 4.37. The predicted octanol–water partition coefficient (Wildman–Crippen LogP) is 1.63. The number of hydrogen-bond acceptors (Lipinski definition) is 5. The van der Waals surface area contributed by atoms with Gasteiger partial charge in [-0.25, -0.2) is 4.98 Å². The molecule has 0 radical (unpaired) electrons. The van der Waals surface area contributed by atoms with Crippen LogP contribution < -0.4 is 5.32 Å². The second-order valence-corrected chi connectivity index (χ2v) is 4.62. The molecule has 0 aliphatic heterocycles. The third kappa shape index (κ3) is 3.35. The number of aromatic amines is 1. The maximum Gasteiger partial charge on any atom is 0.293 e. The van der Waals surface area contributed by atoms with E-state index in [1.807, 2.05) is 0 Å². The maximum absolute atomic E-state index is 11.8. The lowest BCUT2D eigenvalue weighted by molar-refractivity contribution is -0.384. The van der Waals surface area contributed by atoms with Crippen molar-refractivity contribution in [3.8, 4) is 0 Å². The molecular formula is C13H15N5O3. The Kier molecular flexibility index (Phi) is 4.17. The van der Waals surface area contributed by atoms with E-state index in [2.05, 4.69) is 15.3 Å². The molecule has 0 aliphatic rings. The van der Waals surface area contributed by atoms with Gasteiger partial charge in [-0.2, -0.15) is 0 Å². The van der Waals surface area contributed by atoms with Crippen LogP contribution in [0.15, 0.2) is 30.7 Å². The van der Waals surface area contributed by atoms with Gasteiger partial charge in [-0.15, -0.1) is 0 Å². The number of hydrogen-bond donors (Lipinski definition) is 2. The molecule has 2 N–H and O–H groups in total. The number of H-pyrrole nitrogens is 1. The van der Waals surface area contributed by atoms with Gasteiger partial charge in [-0.1, -0.05) is 0 Å². The lowest BCUT2D eigenvalue weighted by Crippen LogP contribution is -2.21. The Morgan fingerprint density at radius 3 is 2.81 bits per heavy atom. The lowest BCUT2D eigenvalue weighted by atomic mass is 10.1. The van der Waals surface area contributed by atoms with Crippen LogP contribution in [-0.4, -0.2) is 39.8 Å². The molecule has 1 aromatic heterocycles. The molecule has 0 bridgehead atoms. The number of nitro benzene ring substituents is 1. The minimum absolute atomic E-state index is 0.137. The van der Waals surface area contributed by atoms with Gasteiger partial charge in [0.2, 0.25) is 0 Å². The fourth-order valence-electron chi connectivity index (χ4n) is 1.80. The average Bonchev–Trinajstić information content (AvgIpc) is 2.97. The van der Waals surface area contributed by atoms with Gasteiger partial charge < -0.3 is 15.2 Å². The topological polar surface area (TPSA) is 104 Å². The van der Waals surface area contributed by atoms with Crippen LogP contribution >= 0.6 is 0 Å². The number of aromatic nitrogens is 2. The number of nitro groups is 1. The summed E-state index contributed by atoms with van der Waals surface area (Å²) in [6.07, 6.45) is 3.16. The predicted molar refractivity (Wildman–Crippen MR) is 77.0 cm³/mol. The minimum Gasteiger partial charge on any atom is -0.374 e. The molecule has 8 nitrogen and oxygen atoms in total. The van der Waals surface area contributed by atoms with Gasteiger partial charge in [-0.3, -0.25) is 14.9 Å². The molecule has 1 aromatic carbocycles. The number of imidazole rings is 1. The largest absolute Gasteiger partial charge is 0.374 e. The van der Waals surface area contributed by atoms with Crippen molar-refractivity contribution in [1.29, 1.82) is 0 Å². The van der Waals surface area contributed by atoms with Crippen LogP contribution in [0.4, 0.5) is 11.4 Å². The van der Waals surface area contributed by atoms with E-state index in [0.717, 1.165) is 5.69 Å². The summed E-state index contributed by atoms with van der Waals surface area (Å²) in [4.78, 5) is 30.6. The van der Waals surface area contributed by atoms with E-state index in [4.69, 9.17) is 0 Å². The van der Waals surface area contributed by atoms with E-state index in [0.29, 0.717) is 12.2 Å². The van der Waals surface area contributed by atoms with Gasteiger partial charge in [0.15, 0.2) is 0 Å². The highest BCUT2D eigenvalue weighted by Crippen LogP contribution is 2.26. The Morgan fingerprint density at radius 1 is 1.48 bits per heavy atom. The molecule has 0 atom stereocenters. The van der Waals surface area contributed by atoms with Crippen molar-refractivity contribution in [3.05, 3.63) is 52.1 Å². The van der Waals surface area contributed by atoms with Crippen LogP contribution in [0.1, 0.15) is 16.1 Å². The number of nitrogens with zero attached hydrogens (tertiary/aromatic N) is 3. The first-order valence-corrected chi connectivity index (χ1v) is 6.20. The Bertz CT molecular complexity index is 652. The molecular weight excluding hydrogens is 274 g/mol. The van der Waals surface area contributed by atoms with E-state index in [1.165, 1.54) is 23.4 Å². The molecule has 0 saturated carbocycles. The van der Waals surface area contributed by atoms with Crippen molar-refractivity contribution >= 4 is 17.3 Å². The fraction of sp³-hybridized carbons (Fsp3) is 0.231. The highest BCUT2D eigenvalue weighted by Gasteiger charge is 2.18. The van der Waals surface area contributed by atoms with Gasteiger partial charge in [0, 0.05) is 31.9 Å². The van der Waals surface area contributed by atoms with Gasteiger partial charge in [0.1, 0.15) is 5.69 Å². The Hall–Kier alpha value is -2.90. The smallest absolute Gasteiger partial charge is 0.293 e. The molecule has 0 aliphatic carbocycles. The Balaban J connectivity index is 2.25. The van der Waals surface area contributed by atoms with Crippen molar-refractivity contribution in [2.24, 2.45) is 0 Å². The van der Waals surface area contributed by atoms with Gasteiger partial charge >= 0.3 is 0 Å². The summed E-state index contributed by atoms with van der Waals surface area (Å²) in [6.45, 7) is 0.377. The molecule has 110 valence electrons. The van der Waals surface area contributed by atoms with E-state index in [1.54, 1.807) is 26.4 Å². The van der Waals surface area contributed by atoms with Crippen LogP contribution in [0.5, 0.6) is 0 Å². The summed E-state index contributed by atoms with van der Waals surface area (Å²) in [5.41, 5.74) is 1.30. The van der Waals surface area contributed by atoms with Crippen molar-refractivity contribution < 1.29 is 9.72 Å². The Labute approximate surface area is 121 Å². The summed E-state index contributed by atoms with van der Waals surface area (Å²) in [7, 11) is 3.19. The highest BCUT2D eigenvalue weighted by atomic mass is 16.6. The second-order valence-electron chi connectivity index (χ2n) is 4.62. The monoisotopic (exact) mass is 289 g/mol. The molecule has 0 unspecified atom stereocenters. The van der Waals surface area contributed by atoms with E-state index in [-0.39, 0.29) is 17.2 Å². The molecule has 1 heterocycles. The number of amides is 1. The first kappa shape index (κ1) is 14.5. The third-order valence-electron chi connectivity index (χ3n) is 2.87. The second kappa shape index (κ2) is 6.04. The number of rotatable bonds is 5. The molecule has 0 fully saturated rings. The molecule has 2 rings (SSSR count). The summed E-state index contributed by atoms with van der Waals surface area (Å²) < 4.78 is 0. The zero-order chi connectivity index (χ0) is 15.4. The zero-order valence-corrected chi connectivity index (χ0v) is 11.7. The number of carbonyl (C=O) groups excluding carboxylic acids is 1. The van der Waals surface area contributed by atoms with Crippen LogP contribution in [0, 0.1) is 10.1 Å². The highest BCUT2D eigenvalue weighted by molar-refractivity contribution is 5.95. The first-order chi connectivity index (χ1) is 9.99. The molecule has 8 heteroatoms. The Morgan fingerprint density at radius 2 is 2.24 bits per heavy atom. The zero-order valence-electron chi connectivity index (χ0n) is 11.7. The number of anilines is 1. The lowest BCUT2D eigenvalue weighted by Gasteiger charge is -2.11. The summed E-state index contributed by atoms with van der Waals surface area (Å²) in [5.74, 6) is -0.279. The number of benzene rings is 1. The number of carbonyl (C=O) groups is 1. The standard InChI is InChI=1S/C13H15N5O3/c1-17(2)13(19)9-3-4-11(12(5-9)18(20)21)15-7-10-6-14-8-16-10/h3-6,8,15H,7H2,1-2H3,(H,14,16). The maximum atomic E-state index is 11.8. The molecule has 0 spiro atoms. The summed E-state index contributed by atoms with van der Waals surface area (Å²) in [5, 5.41) is 14.1. The SMILES string of the molecule is CN(C)C(=O)c1ccc(NCc2cnc[nH]2)c([N+](=O)[O-])c1. The van der Waals surface area contributed by atoms with Crippen LogP contribution in [0.25, 0.3) is 0 Å². The van der Waals surface area contributed by atoms with E-state index in [9.17, 15) is 14.9 Å². The summed E-state index contributed by atoms with van der Waals surface area (Å²) >= 11 is 0. The minimum atomic E-state index is -0.512. The number of nitrogens with one attached hydrogen (secondary N) is 2. The van der Waals surface area contributed by atoms with Gasteiger partial charge in [-0.05, 0) is 12.1 Å². The first-order valence-electron chi connectivity index (χ1n) is 6.20. The molecule has 2 aromatic rings. The normalized spacial score (nSPS) is 10.2. The quantitative estimate of drug-likeness (QED) is 0.643.